The third-order valence-corrected chi connectivity index (χ3v) is 5.11. The number of hydrogen-bond acceptors (Lipinski definition) is 7. The quantitative estimate of drug-likeness (QED) is 0.517. The number of methoxy groups -OCH3 is 2. The first kappa shape index (κ1) is 21.8. The van der Waals surface area contributed by atoms with Crippen molar-refractivity contribution in [3.8, 4) is 11.5 Å². The molecule has 31 heavy (non-hydrogen) atoms. The highest BCUT2D eigenvalue weighted by molar-refractivity contribution is 7.16. The smallest absolute Gasteiger partial charge is 0.348 e. The lowest BCUT2D eigenvalue weighted by molar-refractivity contribution is -0.118. The molecule has 0 saturated heterocycles. The van der Waals surface area contributed by atoms with Crippen molar-refractivity contribution in [2.75, 3.05) is 31.5 Å². The van der Waals surface area contributed by atoms with E-state index in [1.807, 2.05) is 0 Å². The number of rotatable bonds is 8. The van der Waals surface area contributed by atoms with Crippen LogP contribution in [-0.2, 0) is 9.53 Å². The van der Waals surface area contributed by atoms with E-state index in [0.717, 1.165) is 11.3 Å². The van der Waals surface area contributed by atoms with Crippen molar-refractivity contribution in [1.29, 1.82) is 0 Å². The van der Waals surface area contributed by atoms with Gasteiger partial charge in [-0.05, 0) is 42.5 Å². The van der Waals surface area contributed by atoms with Crippen LogP contribution in [-0.4, -0.2) is 38.6 Å². The van der Waals surface area contributed by atoms with Crippen LogP contribution in [0.4, 0.5) is 11.4 Å². The first-order chi connectivity index (χ1) is 15.0. The Morgan fingerprint density at radius 2 is 1.52 bits per heavy atom. The maximum atomic E-state index is 12.4. The number of ether oxygens (including phenoxy) is 3. The summed E-state index contributed by atoms with van der Waals surface area (Å²) >= 11 is 1.03. The van der Waals surface area contributed by atoms with E-state index < -0.39 is 5.97 Å². The summed E-state index contributed by atoms with van der Waals surface area (Å²) in [7, 11) is 2.80. The van der Waals surface area contributed by atoms with E-state index >= 15 is 0 Å². The van der Waals surface area contributed by atoms with Crippen LogP contribution in [0.15, 0.2) is 60.7 Å². The summed E-state index contributed by atoms with van der Waals surface area (Å²) in [6.07, 6.45) is 0. The number of nitrogens with one attached hydrogen (secondary N) is 2. The fourth-order valence-corrected chi connectivity index (χ4v) is 3.44. The average molecular weight is 440 g/mol. The fraction of sp³-hybridized carbons (Fsp3) is 0.136. The van der Waals surface area contributed by atoms with Gasteiger partial charge >= 0.3 is 5.97 Å². The summed E-state index contributed by atoms with van der Waals surface area (Å²) in [5, 5.41) is 5.45. The first-order valence-corrected chi connectivity index (χ1v) is 9.97. The minimum Gasteiger partial charge on any atom is -0.493 e. The van der Waals surface area contributed by atoms with Gasteiger partial charge in [-0.2, -0.15) is 0 Å². The number of esters is 1. The molecule has 8 nitrogen and oxygen atoms in total. The van der Waals surface area contributed by atoms with Gasteiger partial charge in [0, 0.05) is 11.4 Å². The van der Waals surface area contributed by atoms with Crippen LogP contribution in [0.3, 0.4) is 0 Å². The van der Waals surface area contributed by atoms with Crippen LogP contribution < -0.4 is 20.1 Å². The molecule has 0 spiro atoms. The number of hydrogen-bond donors (Lipinski definition) is 2. The van der Waals surface area contributed by atoms with Gasteiger partial charge < -0.3 is 24.8 Å². The molecule has 2 aromatic carbocycles. The van der Waals surface area contributed by atoms with Crippen molar-refractivity contribution in [1.82, 2.24) is 0 Å². The van der Waals surface area contributed by atoms with Gasteiger partial charge in [-0.3, -0.25) is 9.59 Å². The lowest BCUT2D eigenvalue weighted by Crippen LogP contribution is -2.20. The Labute approximate surface area is 182 Å². The molecule has 2 N–H and O–H groups in total. The first-order valence-electron chi connectivity index (χ1n) is 9.15. The number of para-hydroxylation sites is 2. The zero-order valence-corrected chi connectivity index (χ0v) is 17.7. The lowest BCUT2D eigenvalue weighted by Gasteiger charge is -2.11. The van der Waals surface area contributed by atoms with Gasteiger partial charge in [0.15, 0.2) is 18.1 Å². The van der Waals surface area contributed by atoms with Crippen molar-refractivity contribution in [3.63, 3.8) is 0 Å². The highest BCUT2D eigenvalue weighted by atomic mass is 32.1. The SMILES string of the molecule is COC(=O)c1ccc(C(=O)Nc2cccc(NC(=O)COc3ccccc3OC)c2)s1. The molecule has 1 heterocycles. The molecule has 0 aliphatic rings. The van der Waals surface area contributed by atoms with Crippen LogP contribution in [0.25, 0.3) is 0 Å². The minimum absolute atomic E-state index is 0.206. The van der Waals surface area contributed by atoms with Crippen molar-refractivity contribution in [2.45, 2.75) is 0 Å². The summed E-state index contributed by atoms with van der Waals surface area (Å²) in [6, 6.07) is 16.8. The molecule has 1 aromatic heterocycles. The number of thiophene rings is 1. The predicted molar refractivity (Wildman–Crippen MR) is 117 cm³/mol. The second-order valence-electron chi connectivity index (χ2n) is 6.18. The van der Waals surface area contributed by atoms with Gasteiger partial charge in [-0.25, -0.2) is 4.79 Å². The van der Waals surface area contributed by atoms with Crippen LogP contribution in [0, 0.1) is 0 Å². The van der Waals surface area contributed by atoms with Crippen molar-refractivity contribution in [2.24, 2.45) is 0 Å². The predicted octanol–water partition coefficient (Wildman–Crippen LogP) is 3.81. The number of carbonyl (C=O) groups excluding carboxylic acids is 3. The van der Waals surface area contributed by atoms with E-state index in [4.69, 9.17) is 9.47 Å². The average Bonchev–Trinajstić information content (AvgIpc) is 3.28. The van der Waals surface area contributed by atoms with E-state index in [-0.39, 0.29) is 18.4 Å². The fourth-order valence-electron chi connectivity index (χ4n) is 2.62. The van der Waals surface area contributed by atoms with Gasteiger partial charge in [0.1, 0.15) is 4.88 Å². The largest absolute Gasteiger partial charge is 0.493 e. The van der Waals surface area contributed by atoms with Crippen LogP contribution in [0.5, 0.6) is 11.5 Å². The number of anilines is 2. The molecule has 0 saturated carbocycles. The molecule has 9 heteroatoms. The Balaban J connectivity index is 1.58. The molecular formula is C22H20N2O6S. The van der Waals surface area contributed by atoms with Crippen LogP contribution in [0.1, 0.15) is 19.3 Å². The number of amides is 2. The summed E-state index contributed by atoms with van der Waals surface area (Å²) in [5.41, 5.74) is 0.981. The van der Waals surface area contributed by atoms with Gasteiger partial charge in [-0.1, -0.05) is 18.2 Å². The van der Waals surface area contributed by atoms with Gasteiger partial charge in [0.25, 0.3) is 11.8 Å². The molecule has 0 unspecified atom stereocenters. The number of carbonyl (C=O) groups is 3. The summed E-state index contributed by atoms with van der Waals surface area (Å²) < 4.78 is 15.3. The van der Waals surface area contributed by atoms with Gasteiger partial charge in [0.05, 0.1) is 19.1 Å². The third-order valence-electron chi connectivity index (χ3n) is 4.05. The normalized spacial score (nSPS) is 10.1. The standard InChI is InChI=1S/C22H20N2O6S/c1-28-16-8-3-4-9-17(16)30-13-20(25)23-14-6-5-7-15(12-14)24-21(26)18-10-11-19(31-18)22(27)29-2/h3-12H,13H2,1-2H3,(H,23,25)(H,24,26). The molecule has 0 aliphatic carbocycles. The minimum atomic E-state index is -0.496. The Morgan fingerprint density at radius 3 is 2.23 bits per heavy atom. The van der Waals surface area contributed by atoms with Crippen molar-refractivity contribution in [3.05, 3.63) is 70.4 Å². The molecule has 0 fully saturated rings. The third kappa shape index (κ3) is 5.83. The monoisotopic (exact) mass is 440 g/mol. The Bertz CT molecular complexity index is 1090. The molecular weight excluding hydrogens is 420 g/mol. The molecule has 0 atom stereocenters. The van der Waals surface area contributed by atoms with E-state index in [1.165, 1.54) is 20.3 Å². The zero-order chi connectivity index (χ0) is 22.2. The highest BCUT2D eigenvalue weighted by Gasteiger charge is 2.14. The summed E-state index contributed by atoms with van der Waals surface area (Å²) in [4.78, 5) is 36.9. The van der Waals surface area contributed by atoms with E-state index in [2.05, 4.69) is 15.4 Å². The second-order valence-corrected chi connectivity index (χ2v) is 7.26. The molecule has 160 valence electrons. The number of benzene rings is 2. The van der Waals surface area contributed by atoms with E-state index in [1.54, 1.807) is 54.6 Å². The van der Waals surface area contributed by atoms with Crippen LogP contribution >= 0.6 is 11.3 Å². The molecule has 0 radical (unpaired) electrons. The maximum absolute atomic E-state index is 12.4. The van der Waals surface area contributed by atoms with E-state index in [9.17, 15) is 14.4 Å². The van der Waals surface area contributed by atoms with E-state index in [0.29, 0.717) is 32.6 Å². The molecule has 3 aromatic rings. The summed E-state index contributed by atoms with van der Waals surface area (Å²) in [5.74, 6) is -0.241. The highest BCUT2D eigenvalue weighted by Crippen LogP contribution is 2.26. The lowest BCUT2D eigenvalue weighted by atomic mass is 10.2. The molecule has 2 amide bonds. The molecule has 3 rings (SSSR count). The molecule has 0 aliphatic heterocycles. The Kier molecular flexibility index (Phi) is 7.23. The second kappa shape index (κ2) is 10.3. The van der Waals surface area contributed by atoms with Gasteiger partial charge in [0.2, 0.25) is 0 Å². The zero-order valence-electron chi connectivity index (χ0n) is 16.8. The van der Waals surface area contributed by atoms with Crippen LogP contribution in [0.2, 0.25) is 0 Å². The Morgan fingerprint density at radius 1 is 0.839 bits per heavy atom. The van der Waals surface area contributed by atoms with Crippen molar-refractivity contribution >= 4 is 40.5 Å². The maximum Gasteiger partial charge on any atom is 0.348 e. The van der Waals surface area contributed by atoms with Crippen molar-refractivity contribution < 1.29 is 28.6 Å². The topological polar surface area (TPSA) is 103 Å². The molecule has 0 bridgehead atoms. The van der Waals surface area contributed by atoms with Gasteiger partial charge in [-0.15, -0.1) is 11.3 Å². The summed E-state index contributed by atoms with van der Waals surface area (Å²) in [6.45, 7) is -0.206. The Hall–Kier alpha value is -3.85.